The standard InChI is InChI=1S/C12H9N5O2/c13-11-15-5-9(6-16-11)2-1-8-3-10(7-14-4-8)17-12(18)19/h3-7,17H,(H,18,19)(H2,13,15,16). The number of hydrogen-bond donors (Lipinski definition) is 3. The van der Waals surface area contributed by atoms with Gasteiger partial charge in [-0.15, -0.1) is 0 Å². The number of carboxylic acid groups (broad SMARTS) is 1. The minimum atomic E-state index is -1.15. The van der Waals surface area contributed by atoms with Crippen molar-refractivity contribution in [2.75, 3.05) is 11.1 Å². The summed E-state index contributed by atoms with van der Waals surface area (Å²) in [5, 5.41) is 10.8. The number of anilines is 2. The molecule has 2 heterocycles. The first kappa shape index (κ1) is 12.3. The Kier molecular flexibility index (Phi) is 3.54. The van der Waals surface area contributed by atoms with Crippen LogP contribution < -0.4 is 11.1 Å². The Hall–Kier alpha value is -3.14. The molecule has 4 N–H and O–H groups in total. The van der Waals surface area contributed by atoms with Crippen molar-refractivity contribution < 1.29 is 9.90 Å². The molecule has 7 heteroatoms. The fourth-order valence-corrected chi connectivity index (χ4v) is 1.25. The monoisotopic (exact) mass is 255 g/mol. The minimum Gasteiger partial charge on any atom is -0.465 e. The third kappa shape index (κ3) is 3.67. The molecule has 0 fully saturated rings. The summed E-state index contributed by atoms with van der Waals surface area (Å²) in [5.41, 5.74) is 6.89. The van der Waals surface area contributed by atoms with Crippen molar-refractivity contribution in [3.05, 3.63) is 42.0 Å². The molecular formula is C12H9N5O2. The van der Waals surface area contributed by atoms with Crippen LogP contribution in [0.2, 0.25) is 0 Å². The van der Waals surface area contributed by atoms with Crippen molar-refractivity contribution in [1.82, 2.24) is 15.0 Å². The average Bonchev–Trinajstić information content (AvgIpc) is 2.38. The molecule has 0 aliphatic carbocycles. The number of nitrogen functional groups attached to an aromatic ring is 1. The van der Waals surface area contributed by atoms with Crippen LogP contribution in [0, 0.1) is 11.8 Å². The zero-order valence-corrected chi connectivity index (χ0v) is 9.66. The van der Waals surface area contributed by atoms with Crippen LogP contribution in [0.15, 0.2) is 30.9 Å². The normalized spacial score (nSPS) is 9.26. The molecule has 0 aliphatic rings. The molecule has 0 atom stereocenters. The van der Waals surface area contributed by atoms with E-state index in [2.05, 4.69) is 32.1 Å². The van der Waals surface area contributed by atoms with Gasteiger partial charge in [-0.25, -0.2) is 14.8 Å². The van der Waals surface area contributed by atoms with Crippen LogP contribution in [-0.2, 0) is 0 Å². The van der Waals surface area contributed by atoms with E-state index in [1.807, 2.05) is 0 Å². The highest BCUT2D eigenvalue weighted by Crippen LogP contribution is 2.07. The molecule has 0 spiro atoms. The van der Waals surface area contributed by atoms with Gasteiger partial charge in [0.05, 0.1) is 17.4 Å². The molecule has 0 aromatic carbocycles. The SMILES string of the molecule is Nc1ncc(C#Cc2cncc(NC(=O)O)c2)cn1. The van der Waals surface area contributed by atoms with Gasteiger partial charge in [-0.2, -0.15) is 0 Å². The van der Waals surface area contributed by atoms with Crippen LogP contribution in [0.3, 0.4) is 0 Å². The molecule has 0 bridgehead atoms. The van der Waals surface area contributed by atoms with Crippen LogP contribution in [0.25, 0.3) is 0 Å². The lowest BCUT2D eigenvalue weighted by atomic mass is 10.2. The van der Waals surface area contributed by atoms with E-state index in [1.54, 1.807) is 6.07 Å². The van der Waals surface area contributed by atoms with E-state index in [-0.39, 0.29) is 5.95 Å². The summed E-state index contributed by atoms with van der Waals surface area (Å²) in [4.78, 5) is 22.0. The van der Waals surface area contributed by atoms with E-state index in [1.165, 1.54) is 24.8 Å². The summed E-state index contributed by atoms with van der Waals surface area (Å²) in [7, 11) is 0. The Morgan fingerprint density at radius 3 is 2.53 bits per heavy atom. The lowest BCUT2D eigenvalue weighted by Crippen LogP contribution is -2.07. The maximum absolute atomic E-state index is 10.5. The van der Waals surface area contributed by atoms with E-state index in [4.69, 9.17) is 10.8 Å². The van der Waals surface area contributed by atoms with Gasteiger partial charge >= 0.3 is 6.09 Å². The molecule has 2 rings (SSSR count). The Bertz CT molecular complexity index is 658. The fraction of sp³-hybridized carbons (Fsp3) is 0. The number of amides is 1. The molecule has 0 saturated heterocycles. The number of nitrogens with two attached hydrogens (primary N) is 1. The van der Waals surface area contributed by atoms with Gasteiger partial charge in [0, 0.05) is 24.2 Å². The molecule has 19 heavy (non-hydrogen) atoms. The van der Waals surface area contributed by atoms with Gasteiger partial charge in [0.1, 0.15) is 0 Å². The maximum Gasteiger partial charge on any atom is 0.409 e. The number of rotatable bonds is 1. The zero-order chi connectivity index (χ0) is 13.7. The third-order valence-corrected chi connectivity index (χ3v) is 2.01. The molecule has 0 saturated carbocycles. The average molecular weight is 255 g/mol. The van der Waals surface area contributed by atoms with Crippen LogP contribution >= 0.6 is 0 Å². The molecule has 0 aliphatic heterocycles. The highest BCUT2D eigenvalue weighted by atomic mass is 16.4. The minimum absolute atomic E-state index is 0.180. The first-order chi connectivity index (χ1) is 9.13. The Morgan fingerprint density at radius 1 is 1.16 bits per heavy atom. The van der Waals surface area contributed by atoms with Crippen LogP contribution in [0.5, 0.6) is 0 Å². The number of hydrogen-bond acceptors (Lipinski definition) is 5. The predicted molar refractivity (Wildman–Crippen MR) is 68.3 cm³/mol. The van der Waals surface area contributed by atoms with Crippen molar-refractivity contribution in [3.8, 4) is 11.8 Å². The van der Waals surface area contributed by atoms with Gasteiger partial charge in [0.25, 0.3) is 0 Å². The molecule has 94 valence electrons. The Morgan fingerprint density at radius 2 is 1.84 bits per heavy atom. The van der Waals surface area contributed by atoms with Gasteiger partial charge in [0.2, 0.25) is 5.95 Å². The van der Waals surface area contributed by atoms with Crippen LogP contribution in [0.4, 0.5) is 16.4 Å². The number of nitrogens with one attached hydrogen (secondary N) is 1. The van der Waals surface area contributed by atoms with Crippen LogP contribution in [-0.4, -0.2) is 26.2 Å². The first-order valence-electron chi connectivity index (χ1n) is 5.18. The summed E-state index contributed by atoms with van der Waals surface area (Å²) in [6.45, 7) is 0. The lowest BCUT2D eigenvalue weighted by molar-refractivity contribution is 0.209. The highest BCUT2D eigenvalue weighted by molar-refractivity contribution is 5.82. The van der Waals surface area contributed by atoms with E-state index < -0.39 is 6.09 Å². The fourth-order valence-electron chi connectivity index (χ4n) is 1.25. The smallest absolute Gasteiger partial charge is 0.409 e. The largest absolute Gasteiger partial charge is 0.465 e. The summed E-state index contributed by atoms with van der Waals surface area (Å²) in [5.74, 6) is 5.83. The third-order valence-electron chi connectivity index (χ3n) is 2.01. The van der Waals surface area contributed by atoms with Gasteiger partial charge in [-0.1, -0.05) is 11.8 Å². The Balaban J connectivity index is 2.19. The van der Waals surface area contributed by atoms with Crippen molar-refractivity contribution in [2.45, 2.75) is 0 Å². The molecule has 2 aromatic heterocycles. The van der Waals surface area contributed by atoms with Crippen LogP contribution in [0.1, 0.15) is 11.1 Å². The summed E-state index contributed by atoms with van der Waals surface area (Å²) in [6, 6.07) is 1.58. The van der Waals surface area contributed by atoms with Crippen molar-refractivity contribution in [2.24, 2.45) is 0 Å². The number of aromatic nitrogens is 3. The molecule has 0 unspecified atom stereocenters. The van der Waals surface area contributed by atoms with Gasteiger partial charge in [-0.3, -0.25) is 10.3 Å². The molecular weight excluding hydrogens is 246 g/mol. The van der Waals surface area contributed by atoms with Crippen molar-refractivity contribution in [1.29, 1.82) is 0 Å². The van der Waals surface area contributed by atoms with Crippen molar-refractivity contribution >= 4 is 17.7 Å². The summed E-state index contributed by atoms with van der Waals surface area (Å²) >= 11 is 0. The van der Waals surface area contributed by atoms with E-state index in [0.29, 0.717) is 16.8 Å². The highest BCUT2D eigenvalue weighted by Gasteiger charge is 1.98. The second-order valence-corrected chi connectivity index (χ2v) is 3.47. The van der Waals surface area contributed by atoms with E-state index >= 15 is 0 Å². The predicted octanol–water partition coefficient (Wildman–Crippen LogP) is 0.943. The topological polar surface area (TPSA) is 114 Å². The molecule has 1 amide bonds. The molecule has 7 nitrogen and oxygen atoms in total. The van der Waals surface area contributed by atoms with E-state index in [0.717, 1.165) is 0 Å². The van der Waals surface area contributed by atoms with Gasteiger partial charge in [-0.05, 0) is 6.07 Å². The maximum atomic E-state index is 10.5. The second-order valence-electron chi connectivity index (χ2n) is 3.47. The molecule has 0 radical (unpaired) electrons. The lowest BCUT2D eigenvalue weighted by Gasteiger charge is -1.99. The van der Waals surface area contributed by atoms with Gasteiger partial charge < -0.3 is 10.8 Å². The van der Waals surface area contributed by atoms with Crippen molar-refractivity contribution in [3.63, 3.8) is 0 Å². The summed E-state index contributed by atoms with van der Waals surface area (Å²) in [6.07, 6.45) is 4.77. The number of carbonyl (C=O) groups is 1. The molecule has 2 aromatic rings. The quantitative estimate of drug-likeness (QED) is 0.653. The van der Waals surface area contributed by atoms with E-state index in [9.17, 15) is 4.79 Å². The van der Waals surface area contributed by atoms with Gasteiger partial charge in [0.15, 0.2) is 0 Å². The second kappa shape index (κ2) is 5.46. The Labute approximate surface area is 108 Å². The first-order valence-corrected chi connectivity index (χ1v) is 5.18. The number of nitrogens with zero attached hydrogens (tertiary/aromatic N) is 3. The zero-order valence-electron chi connectivity index (χ0n) is 9.66. The number of pyridine rings is 1. The summed E-state index contributed by atoms with van der Waals surface area (Å²) < 4.78 is 0.